The molecule has 184 valence electrons. The summed E-state index contributed by atoms with van der Waals surface area (Å²) in [6.45, 7) is 0.203. The number of ether oxygens (including phenoxy) is 3. The molecule has 8 nitrogen and oxygen atoms in total. The number of methoxy groups -OCH3 is 1. The van der Waals surface area contributed by atoms with Crippen molar-refractivity contribution in [1.29, 1.82) is 0 Å². The van der Waals surface area contributed by atoms with Crippen molar-refractivity contribution in [1.82, 2.24) is 0 Å². The van der Waals surface area contributed by atoms with E-state index >= 15 is 0 Å². The van der Waals surface area contributed by atoms with Crippen LogP contribution in [0.2, 0.25) is 0 Å². The average molecular weight is 488 g/mol. The molecule has 0 aromatic heterocycles. The van der Waals surface area contributed by atoms with Gasteiger partial charge in [0, 0.05) is 30.2 Å². The summed E-state index contributed by atoms with van der Waals surface area (Å²) in [6, 6.07) is 21.9. The van der Waals surface area contributed by atoms with E-state index in [1.807, 2.05) is 6.07 Å². The Morgan fingerprint density at radius 1 is 0.972 bits per heavy atom. The third-order valence-electron chi connectivity index (χ3n) is 5.03. The first-order chi connectivity index (χ1) is 17.5. The fourth-order valence-corrected chi connectivity index (χ4v) is 3.20. The number of rotatable bonds is 11. The van der Waals surface area contributed by atoms with E-state index in [1.165, 1.54) is 25.3 Å². The van der Waals surface area contributed by atoms with Crippen LogP contribution in [0.25, 0.3) is 12.2 Å². The number of nitro groups is 1. The van der Waals surface area contributed by atoms with Crippen LogP contribution in [0.5, 0.6) is 5.75 Å². The zero-order valence-corrected chi connectivity index (χ0v) is 19.6. The number of nitro benzene ring substituents is 1. The maximum atomic E-state index is 12.6. The van der Waals surface area contributed by atoms with Gasteiger partial charge in [-0.3, -0.25) is 10.1 Å². The number of benzene rings is 3. The molecule has 0 heterocycles. The Morgan fingerprint density at radius 2 is 1.72 bits per heavy atom. The minimum Gasteiger partial charge on any atom is -0.493 e. The molecule has 1 unspecified atom stereocenters. The summed E-state index contributed by atoms with van der Waals surface area (Å²) < 4.78 is 16.2. The lowest BCUT2D eigenvalue weighted by molar-refractivity contribution is -0.384. The monoisotopic (exact) mass is 487 g/mol. The molecule has 0 bridgehead atoms. The number of carbonyl (C=O) groups is 2. The Morgan fingerprint density at radius 3 is 2.47 bits per heavy atom. The first-order valence-corrected chi connectivity index (χ1v) is 11.1. The van der Waals surface area contributed by atoms with Gasteiger partial charge in [-0.25, -0.2) is 9.59 Å². The predicted octanol–water partition coefficient (Wildman–Crippen LogP) is 5.49. The van der Waals surface area contributed by atoms with E-state index < -0.39 is 23.0 Å². The Labute approximate surface area is 208 Å². The van der Waals surface area contributed by atoms with E-state index in [9.17, 15) is 19.7 Å². The van der Waals surface area contributed by atoms with Crippen LogP contribution in [0, 0.1) is 10.1 Å². The third kappa shape index (κ3) is 7.95. The number of hydrogen-bond donors (Lipinski definition) is 0. The first-order valence-electron chi connectivity index (χ1n) is 11.1. The van der Waals surface area contributed by atoms with Crippen LogP contribution < -0.4 is 4.74 Å². The zero-order valence-electron chi connectivity index (χ0n) is 19.6. The van der Waals surface area contributed by atoms with Crippen LogP contribution in [0.3, 0.4) is 0 Å². The van der Waals surface area contributed by atoms with Gasteiger partial charge in [-0.05, 0) is 35.9 Å². The second-order valence-electron chi connectivity index (χ2n) is 7.55. The molecule has 0 aliphatic carbocycles. The van der Waals surface area contributed by atoms with Crippen molar-refractivity contribution in [2.75, 3.05) is 13.7 Å². The molecule has 0 aliphatic rings. The van der Waals surface area contributed by atoms with Crippen molar-refractivity contribution < 1.29 is 28.7 Å². The molecule has 36 heavy (non-hydrogen) atoms. The van der Waals surface area contributed by atoms with E-state index in [-0.39, 0.29) is 12.3 Å². The molecule has 0 saturated carbocycles. The highest BCUT2D eigenvalue weighted by atomic mass is 16.6. The molecule has 1 atom stereocenters. The topological polar surface area (TPSA) is 105 Å². The molecule has 0 saturated heterocycles. The maximum absolute atomic E-state index is 12.6. The minimum absolute atomic E-state index is 0.0325. The standard InChI is InChI=1S/C28H25NO7/c1-34-27(30)17-15-22-9-5-6-13-26(22)35-19-18-25(36-28(31)23-10-3-2-4-11-23)16-14-21-8-7-12-24(20-21)29(32)33/h2-17,20,25H,18-19H2,1H3/b16-14?,17-15+. The van der Waals surface area contributed by atoms with Crippen LogP contribution in [0.15, 0.2) is 91.0 Å². The number of esters is 2. The Hall–Kier alpha value is -4.72. The Bertz CT molecular complexity index is 1250. The van der Waals surface area contributed by atoms with Crippen molar-refractivity contribution in [3.05, 3.63) is 118 Å². The van der Waals surface area contributed by atoms with Crippen molar-refractivity contribution in [2.45, 2.75) is 12.5 Å². The third-order valence-corrected chi connectivity index (χ3v) is 5.03. The molecular weight excluding hydrogens is 462 g/mol. The molecule has 3 aromatic carbocycles. The number of para-hydroxylation sites is 1. The second-order valence-corrected chi connectivity index (χ2v) is 7.55. The van der Waals surface area contributed by atoms with Gasteiger partial charge in [0.15, 0.2) is 0 Å². The van der Waals surface area contributed by atoms with E-state index in [0.29, 0.717) is 28.9 Å². The minimum atomic E-state index is -0.658. The lowest BCUT2D eigenvalue weighted by Crippen LogP contribution is -2.19. The lowest BCUT2D eigenvalue weighted by atomic mass is 10.1. The van der Waals surface area contributed by atoms with Gasteiger partial charge in [0.05, 0.1) is 24.2 Å². The van der Waals surface area contributed by atoms with E-state index in [2.05, 4.69) is 4.74 Å². The van der Waals surface area contributed by atoms with Crippen LogP contribution >= 0.6 is 0 Å². The highest BCUT2D eigenvalue weighted by molar-refractivity contribution is 5.89. The van der Waals surface area contributed by atoms with Gasteiger partial charge >= 0.3 is 11.9 Å². The molecule has 0 N–H and O–H groups in total. The molecule has 0 amide bonds. The smallest absolute Gasteiger partial charge is 0.338 e. The van der Waals surface area contributed by atoms with Crippen molar-refractivity contribution in [2.24, 2.45) is 0 Å². The Balaban J connectivity index is 1.73. The molecule has 8 heteroatoms. The van der Waals surface area contributed by atoms with Crippen LogP contribution in [-0.4, -0.2) is 36.7 Å². The van der Waals surface area contributed by atoms with Crippen molar-refractivity contribution in [3.63, 3.8) is 0 Å². The van der Waals surface area contributed by atoms with Crippen molar-refractivity contribution in [3.8, 4) is 5.75 Å². The number of hydrogen-bond acceptors (Lipinski definition) is 7. The van der Waals surface area contributed by atoms with Gasteiger partial charge in [0.1, 0.15) is 11.9 Å². The molecule has 0 radical (unpaired) electrons. The zero-order chi connectivity index (χ0) is 25.8. The fourth-order valence-electron chi connectivity index (χ4n) is 3.20. The van der Waals surface area contributed by atoms with E-state index in [0.717, 1.165) is 0 Å². The maximum Gasteiger partial charge on any atom is 0.338 e. The largest absolute Gasteiger partial charge is 0.493 e. The molecule has 0 fully saturated rings. The summed E-state index contributed by atoms with van der Waals surface area (Å²) in [7, 11) is 1.30. The number of carbonyl (C=O) groups excluding carboxylic acids is 2. The molecule has 3 aromatic rings. The normalized spacial score (nSPS) is 11.8. The van der Waals surface area contributed by atoms with Gasteiger partial charge in [-0.2, -0.15) is 0 Å². The van der Waals surface area contributed by atoms with Crippen LogP contribution in [0.4, 0.5) is 5.69 Å². The molecular formula is C28H25NO7. The average Bonchev–Trinajstić information content (AvgIpc) is 2.91. The summed E-state index contributed by atoms with van der Waals surface area (Å²) in [5.74, 6) is -0.428. The quantitative estimate of drug-likeness (QED) is 0.152. The van der Waals surface area contributed by atoms with Gasteiger partial charge in [0.2, 0.25) is 0 Å². The summed E-state index contributed by atoms with van der Waals surface area (Å²) in [5.41, 5.74) is 1.66. The van der Waals surface area contributed by atoms with Gasteiger partial charge in [-0.15, -0.1) is 0 Å². The summed E-state index contributed by atoms with van der Waals surface area (Å²) in [5, 5.41) is 11.1. The number of nitrogens with zero attached hydrogens (tertiary/aromatic N) is 1. The molecule has 0 spiro atoms. The first kappa shape index (κ1) is 25.9. The molecule has 3 rings (SSSR count). The summed E-state index contributed by atoms with van der Waals surface area (Å²) in [6.07, 6.45) is 5.90. The predicted molar refractivity (Wildman–Crippen MR) is 135 cm³/mol. The Kier molecular flexibility index (Phi) is 9.52. The SMILES string of the molecule is COC(=O)/C=C/c1ccccc1OCCC(C=Cc1cccc([N+](=O)[O-])c1)OC(=O)c1ccccc1. The lowest BCUT2D eigenvalue weighted by Gasteiger charge is -2.16. The van der Waals surface area contributed by atoms with E-state index in [4.69, 9.17) is 9.47 Å². The van der Waals surface area contributed by atoms with Crippen LogP contribution in [-0.2, 0) is 14.3 Å². The van der Waals surface area contributed by atoms with Crippen molar-refractivity contribution >= 4 is 29.8 Å². The summed E-state index contributed by atoms with van der Waals surface area (Å²) >= 11 is 0. The highest BCUT2D eigenvalue weighted by Crippen LogP contribution is 2.21. The van der Waals surface area contributed by atoms with E-state index in [1.54, 1.807) is 78.9 Å². The molecule has 0 aliphatic heterocycles. The van der Waals surface area contributed by atoms with Crippen LogP contribution in [0.1, 0.15) is 27.9 Å². The fraction of sp³-hybridized carbons (Fsp3) is 0.143. The van der Waals surface area contributed by atoms with Gasteiger partial charge < -0.3 is 14.2 Å². The second kappa shape index (κ2) is 13.2. The number of non-ortho nitro benzene ring substituents is 1. The summed E-state index contributed by atoms with van der Waals surface area (Å²) in [4.78, 5) is 34.7. The van der Waals surface area contributed by atoms with Gasteiger partial charge in [-0.1, -0.05) is 54.6 Å². The van der Waals surface area contributed by atoms with Gasteiger partial charge in [0.25, 0.3) is 5.69 Å². The highest BCUT2D eigenvalue weighted by Gasteiger charge is 2.15.